The minimum absolute atomic E-state index is 0.116. The summed E-state index contributed by atoms with van der Waals surface area (Å²) in [4.78, 5) is 23.4. The summed E-state index contributed by atoms with van der Waals surface area (Å²) in [6, 6.07) is 15.3. The summed E-state index contributed by atoms with van der Waals surface area (Å²) in [6.45, 7) is 0. The lowest BCUT2D eigenvalue weighted by molar-refractivity contribution is 0.0600. The zero-order valence-corrected chi connectivity index (χ0v) is 15.2. The van der Waals surface area contributed by atoms with Gasteiger partial charge in [-0.15, -0.1) is 0 Å². The van der Waals surface area contributed by atoms with E-state index in [1.807, 2.05) is 0 Å². The van der Waals surface area contributed by atoms with Crippen LogP contribution in [0.15, 0.2) is 64.1 Å². The number of nitrogens with zero attached hydrogens (tertiary/aromatic N) is 2. The number of hydrogen-bond donors (Lipinski definition) is 1. The van der Waals surface area contributed by atoms with E-state index in [0.29, 0.717) is 17.1 Å². The van der Waals surface area contributed by atoms with Gasteiger partial charge in [-0.05, 0) is 42.5 Å². The lowest BCUT2D eigenvalue weighted by atomic mass is 10.1. The van der Waals surface area contributed by atoms with Gasteiger partial charge in [-0.2, -0.15) is 10.4 Å². The van der Waals surface area contributed by atoms with Gasteiger partial charge in [0.2, 0.25) is 0 Å². The molecule has 0 radical (unpaired) electrons. The molecule has 1 heterocycles. The SMILES string of the molecule is COC(=O)c1ccc(-c2ccc(/C=N\NC(=O)c3ccc(C#N)cc3F)o2)cc1. The van der Waals surface area contributed by atoms with Crippen LogP contribution < -0.4 is 5.43 Å². The molecule has 1 aromatic heterocycles. The third-order valence-corrected chi connectivity index (χ3v) is 3.92. The number of methoxy groups -OCH3 is 1. The fourth-order valence-corrected chi connectivity index (χ4v) is 2.45. The van der Waals surface area contributed by atoms with Crippen molar-refractivity contribution in [2.45, 2.75) is 0 Å². The van der Waals surface area contributed by atoms with E-state index >= 15 is 0 Å². The molecule has 0 saturated carbocycles. The standard InChI is InChI=1S/C21H14FN3O4/c1-28-21(27)15-5-3-14(4-6-15)19-9-7-16(29-19)12-24-25-20(26)17-8-2-13(11-23)10-18(17)22/h2-10,12H,1H3,(H,25,26)/b24-12-. The fraction of sp³-hybridized carbons (Fsp3) is 0.0476. The number of ether oxygens (including phenoxy) is 1. The predicted molar refractivity (Wildman–Crippen MR) is 102 cm³/mol. The molecule has 0 bridgehead atoms. The van der Waals surface area contributed by atoms with Gasteiger partial charge in [-0.25, -0.2) is 14.6 Å². The van der Waals surface area contributed by atoms with E-state index in [2.05, 4.69) is 15.3 Å². The van der Waals surface area contributed by atoms with Gasteiger partial charge in [0.15, 0.2) is 0 Å². The minimum Gasteiger partial charge on any atom is -0.465 e. The molecule has 0 spiro atoms. The molecule has 144 valence electrons. The van der Waals surface area contributed by atoms with Crippen molar-refractivity contribution in [2.75, 3.05) is 7.11 Å². The molecule has 3 aromatic rings. The van der Waals surface area contributed by atoms with Crippen LogP contribution in [0.5, 0.6) is 0 Å². The van der Waals surface area contributed by atoms with Gasteiger partial charge in [-0.1, -0.05) is 12.1 Å². The fourth-order valence-electron chi connectivity index (χ4n) is 2.45. The van der Waals surface area contributed by atoms with Gasteiger partial charge in [0.1, 0.15) is 17.3 Å². The lowest BCUT2D eigenvalue weighted by Crippen LogP contribution is -2.19. The summed E-state index contributed by atoms with van der Waals surface area (Å²) in [7, 11) is 1.31. The van der Waals surface area contributed by atoms with Crippen LogP contribution in [0.1, 0.15) is 32.0 Å². The zero-order chi connectivity index (χ0) is 20.8. The number of halogens is 1. The Balaban J connectivity index is 1.65. The molecule has 0 fully saturated rings. The molecule has 3 rings (SSSR count). The Labute approximate surface area is 165 Å². The number of nitriles is 1. The maximum atomic E-state index is 13.8. The Morgan fingerprint density at radius 1 is 1.17 bits per heavy atom. The van der Waals surface area contributed by atoms with E-state index in [9.17, 15) is 14.0 Å². The molecule has 8 heteroatoms. The number of carbonyl (C=O) groups is 2. The van der Waals surface area contributed by atoms with Crippen molar-refractivity contribution in [3.8, 4) is 17.4 Å². The van der Waals surface area contributed by atoms with Crippen LogP contribution in [0.25, 0.3) is 11.3 Å². The highest BCUT2D eigenvalue weighted by atomic mass is 19.1. The summed E-state index contributed by atoms with van der Waals surface area (Å²) in [5.74, 6) is -1.11. The predicted octanol–water partition coefficient (Wildman–Crippen LogP) is 3.51. The second-order valence-corrected chi connectivity index (χ2v) is 5.78. The van der Waals surface area contributed by atoms with Crippen LogP contribution in [0.3, 0.4) is 0 Å². The molecular formula is C21H14FN3O4. The first kappa shape index (κ1) is 19.5. The summed E-state index contributed by atoms with van der Waals surface area (Å²) < 4.78 is 24.1. The van der Waals surface area contributed by atoms with Gasteiger partial charge in [0.25, 0.3) is 5.91 Å². The summed E-state index contributed by atoms with van der Waals surface area (Å²) in [5.41, 5.74) is 3.24. The van der Waals surface area contributed by atoms with Crippen molar-refractivity contribution in [2.24, 2.45) is 5.10 Å². The topological polar surface area (TPSA) is 105 Å². The highest BCUT2D eigenvalue weighted by molar-refractivity contribution is 5.95. The summed E-state index contributed by atoms with van der Waals surface area (Å²) >= 11 is 0. The van der Waals surface area contributed by atoms with Gasteiger partial charge in [0, 0.05) is 5.56 Å². The Bertz CT molecular complexity index is 1130. The molecule has 1 N–H and O–H groups in total. The van der Waals surface area contributed by atoms with Crippen molar-refractivity contribution in [1.29, 1.82) is 5.26 Å². The molecule has 7 nitrogen and oxygen atoms in total. The molecule has 0 aliphatic rings. The number of esters is 1. The van der Waals surface area contributed by atoms with Crippen LogP contribution in [-0.2, 0) is 4.74 Å². The van der Waals surface area contributed by atoms with Crippen LogP contribution in [0, 0.1) is 17.1 Å². The Morgan fingerprint density at radius 3 is 2.59 bits per heavy atom. The van der Waals surface area contributed by atoms with Crippen molar-refractivity contribution < 1.29 is 23.1 Å². The maximum absolute atomic E-state index is 13.8. The number of nitrogens with one attached hydrogen (secondary N) is 1. The Kier molecular flexibility index (Phi) is 5.80. The second kappa shape index (κ2) is 8.63. The van der Waals surface area contributed by atoms with Crippen LogP contribution in [0.2, 0.25) is 0 Å². The first-order valence-corrected chi connectivity index (χ1v) is 8.33. The lowest BCUT2D eigenvalue weighted by Gasteiger charge is -2.01. The van der Waals surface area contributed by atoms with Crippen LogP contribution >= 0.6 is 0 Å². The van der Waals surface area contributed by atoms with Gasteiger partial charge in [-0.3, -0.25) is 4.79 Å². The summed E-state index contributed by atoms with van der Waals surface area (Å²) in [5, 5.41) is 12.5. The second-order valence-electron chi connectivity index (χ2n) is 5.78. The molecule has 1 amide bonds. The van der Waals surface area contributed by atoms with E-state index in [-0.39, 0.29) is 11.1 Å². The van der Waals surface area contributed by atoms with Gasteiger partial charge in [0.05, 0.1) is 36.1 Å². The highest BCUT2D eigenvalue weighted by Crippen LogP contribution is 2.22. The summed E-state index contributed by atoms with van der Waals surface area (Å²) in [6.07, 6.45) is 1.27. The number of amides is 1. The molecule has 0 saturated heterocycles. The largest absolute Gasteiger partial charge is 0.465 e. The number of carbonyl (C=O) groups excluding carboxylic acids is 2. The van der Waals surface area contributed by atoms with Gasteiger partial charge >= 0.3 is 5.97 Å². The smallest absolute Gasteiger partial charge is 0.337 e. The molecular weight excluding hydrogens is 377 g/mol. The Hall–Kier alpha value is -4.25. The molecule has 0 atom stereocenters. The van der Waals surface area contributed by atoms with Crippen molar-refractivity contribution in [1.82, 2.24) is 5.43 Å². The number of rotatable bonds is 5. The van der Waals surface area contributed by atoms with Gasteiger partial charge < -0.3 is 9.15 Å². The molecule has 0 aliphatic carbocycles. The number of hydrogen-bond acceptors (Lipinski definition) is 6. The quantitative estimate of drug-likeness (QED) is 0.407. The minimum atomic E-state index is -0.813. The zero-order valence-electron chi connectivity index (χ0n) is 15.2. The molecule has 2 aromatic carbocycles. The number of benzene rings is 2. The highest BCUT2D eigenvalue weighted by Gasteiger charge is 2.12. The maximum Gasteiger partial charge on any atom is 0.337 e. The molecule has 0 aliphatic heterocycles. The van der Waals surface area contributed by atoms with Crippen LogP contribution in [0.4, 0.5) is 4.39 Å². The van der Waals surface area contributed by atoms with E-state index in [1.54, 1.807) is 42.5 Å². The average molecular weight is 391 g/mol. The third-order valence-electron chi connectivity index (χ3n) is 3.92. The van der Waals surface area contributed by atoms with Crippen molar-refractivity contribution in [3.63, 3.8) is 0 Å². The van der Waals surface area contributed by atoms with E-state index in [0.717, 1.165) is 11.6 Å². The molecule has 0 unspecified atom stereocenters. The Morgan fingerprint density at radius 2 is 1.93 bits per heavy atom. The average Bonchev–Trinajstić information content (AvgIpc) is 3.22. The monoisotopic (exact) mass is 391 g/mol. The third kappa shape index (κ3) is 4.54. The van der Waals surface area contributed by atoms with Crippen LogP contribution in [-0.4, -0.2) is 25.2 Å². The number of furan rings is 1. The van der Waals surface area contributed by atoms with E-state index in [1.165, 1.54) is 25.5 Å². The number of hydrazone groups is 1. The first-order chi connectivity index (χ1) is 14.0. The van der Waals surface area contributed by atoms with E-state index in [4.69, 9.17) is 9.68 Å². The van der Waals surface area contributed by atoms with Crippen molar-refractivity contribution >= 4 is 18.1 Å². The van der Waals surface area contributed by atoms with E-state index < -0.39 is 17.7 Å². The normalized spacial score (nSPS) is 10.5. The molecule has 29 heavy (non-hydrogen) atoms. The first-order valence-electron chi connectivity index (χ1n) is 8.33. The van der Waals surface area contributed by atoms with Crippen molar-refractivity contribution in [3.05, 3.63) is 82.9 Å².